The van der Waals surface area contributed by atoms with Gasteiger partial charge in [0.2, 0.25) is 0 Å². The molecule has 1 aromatic heterocycles. The number of aromatic nitrogens is 1. The van der Waals surface area contributed by atoms with Crippen molar-refractivity contribution in [3.05, 3.63) is 64.0 Å². The SMILES string of the molecule is Cc1ccc(CSCCNC(=O)/C(C#N)=C/c2cc(C)n(C3CC3)c2C)cc1. The Morgan fingerprint density at radius 1 is 1.29 bits per heavy atom. The standard InChI is InChI=1S/C23H27N3OS/c1-16-4-6-19(7-5-16)15-28-11-10-25-23(27)21(14-24)13-20-12-17(2)26(18(20)3)22-8-9-22/h4-7,12-13,22H,8-11,15H2,1-3H3,(H,25,27)/b21-13+. The summed E-state index contributed by atoms with van der Waals surface area (Å²) in [7, 11) is 0. The van der Waals surface area contributed by atoms with Crippen molar-refractivity contribution in [1.29, 1.82) is 5.26 Å². The molecule has 1 aliphatic carbocycles. The number of rotatable bonds is 8. The second-order valence-corrected chi connectivity index (χ2v) is 8.50. The van der Waals surface area contributed by atoms with Gasteiger partial charge in [0.05, 0.1) is 0 Å². The van der Waals surface area contributed by atoms with E-state index < -0.39 is 0 Å². The van der Waals surface area contributed by atoms with Gasteiger partial charge in [-0.1, -0.05) is 29.8 Å². The highest BCUT2D eigenvalue weighted by molar-refractivity contribution is 7.98. The predicted octanol–water partition coefficient (Wildman–Crippen LogP) is 4.70. The summed E-state index contributed by atoms with van der Waals surface area (Å²) in [5, 5.41) is 12.3. The first kappa shape index (κ1) is 20.3. The lowest BCUT2D eigenvalue weighted by molar-refractivity contribution is -0.116. The monoisotopic (exact) mass is 393 g/mol. The van der Waals surface area contributed by atoms with Crippen molar-refractivity contribution in [2.24, 2.45) is 0 Å². The van der Waals surface area contributed by atoms with Gasteiger partial charge in [-0.2, -0.15) is 17.0 Å². The summed E-state index contributed by atoms with van der Waals surface area (Å²) >= 11 is 1.77. The van der Waals surface area contributed by atoms with E-state index >= 15 is 0 Å². The van der Waals surface area contributed by atoms with Gasteiger partial charge in [0.1, 0.15) is 11.6 Å². The third-order valence-corrected chi connectivity index (χ3v) is 6.05. The third kappa shape index (κ3) is 5.08. The van der Waals surface area contributed by atoms with Crippen LogP contribution in [0.2, 0.25) is 0 Å². The lowest BCUT2D eigenvalue weighted by atomic mass is 10.1. The molecule has 0 aliphatic heterocycles. The lowest BCUT2D eigenvalue weighted by Gasteiger charge is -2.07. The molecule has 0 saturated heterocycles. The summed E-state index contributed by atoms with van der Waals surface area (Å²) < 4.78 is 2.32. The molecule has 5 heteroatoms. The third-order valence-electron chi connectivity index (χ3n) is 5.02. The molecule has 4 nitrogen and oxygen atoms in total. The van der Waals surface area contributed by atoms with Gasteiger partial charge in [-0.15, -0.1) is 0 Å². The van der Waals surface area contributed by atoms with Gasteiger partial charge in [0, 0.05) is 35.5 Å². The van der Waals surface area contributed by atoms with Gasteiger partial charge in [0.15, 0.2) is 0 Å². The predicted molar refractivity (Wildman–Crippen MR) is 116 cm³/mol. The Bertz CT molecular complexity index is 915. The zero-order valence-corrected chi connectivity index (χ0v) is 17.6. The van der Waals surface area contributed by atoms with Crippen LogP contribution >= 0.6 is 11.8 Å². The number of benzene rings is 1. The van der Waals surface area contributed by atoms with Crippen molar-refractivity contribution in [2.75, 3.05) is 12.3 Å². The van der Waals surface area contributed by atoms with E-state index in [0.29, 0.717) is 12.6 Å². The van der Waals surface area contributed by atoms with Crippen LogP contribution in [0.3, 0.4) is 0 Å². The number of nitrogens with one attached hydrogen (secondary N) is 1. The van der Waals surface area contributed by atoms with E-state index in [4.69, 9.17) is 0 Å². The molecule has 1 aliphatic rings. The Kier molecular flexibility index (Phi) is 6.64. The van der Waals surface area contributed by atoms with E-state index in [1.165, 1.54) is 29.7 Å². The smallest absolute Gasteiger partial charge is 0.261 e. The maximum absolute atomic E-state index is 12.4. The first-order valence-corrected chi connectivity index (χ1v) is 10.9. The molecule has 1 aromatic carbocycles. The van der Waals surface area contributed by atoms with Crippen LogP contribution in [0.25, 0.3) is 6.08 Å². The van der Waals surface area contributed by atoms with Crippen molar-refractivity contribution >= 4 is 23.7 Å². The van der Waals surface area contributed by atoms with E-state index in [0.717, 1.165) is 22.8 Å². The van der Waals surface area contributed by atoms with Gasteiger partial charge < -0.3 is 9.88 Å². The fourth-order valence-corrected chi connectivity index (χ4v) is 4.17. The number of nitrogens with zero attached hydrogens (tertiary/aromatic N) is 2. The number of nitriles is 1. The van der Waals surface area contributed by atoms with Crippen LogP contribution in [-0.2, 0) is 10.5 Å². The van der Waals surface area contributed by atoms with Crippen LogP contribution in [0.15, 0.2) is 35.9 Å². The molecule has 146 valence electrons. The van der Waals surface area contributed by atoms with Crippen LogP contribution in [0.1, 0.15) is 47.0 Å². The van der Waals surface area contributed by atoms with Gasteiger partial charge >= 0.3 is 0 Å². The molecule has 1 fully saturated rings. The highest BCUT2D eigenvalue weighted by Gasteiger charge is 2.26. The second kappa shape index (κ2) is 9.16. The molecule has 1 saturated carbocycles. The van der Waals surface area contributed by atoms with E-state index in [1.807, 2.05) is 0 Å². The number of hydrogen-bond donors (Lipinski definition) is 1. The number of carbonyl (C=O) groups is 1. The Balaban J connectivity index is 1.51. The summed E-state index contributed by atoms with van der Waals surface area (Å²) in [6, 6.07) is 13.2. The van der Waals surface area contributed by atoms with Gasteiger partial charge in [-0.3, -0.25) is 4.79 Å². The topological polar surface area (TPSA) is 57.8 Å². The first-order valence-electron chi connectivity index (χ1n) is 9.71. The van der Waals surface area contributed by atoms with E-state index in [-0.39, 0.29) is 11.5 Å². The van der Waals surface area contributed by atoms with E-state index in [1.54, 1.807) is 17.8 Å². The lowest BCUT2D eigenvalue weighted by Crippen LogP contribution is -2.26. The van der Waals surface area contributed by atoms with Crippen LogP contribution < -0.4 is 5.32 Å². The Morgan fingerprint density at radius 3 is 2.64 bits per heavy atom. The summed E-state index contributed by atoms with van der Waals surface area (Å²) in [5.74, 6) is 1.44. The molecule has 0 spiro atoms. The van der Waals surface area contributed by atoms with Crippen LogP contribution in [-0.4, -0.2) is 22.8 Å². The van der Waals surface area contributed by atoms with Gasteiger partial charge in [-0.25, -0.2) is 0 Å². The van der Waals surface area contributed by atoms with Crippen molar-refractivity contribution in [3.8, 4) is 6.07 Å². The Labute approximate surface area is 171 Å². The Morgan fingerprint density at radius 2 is 2.00 bits per heavy atom. The summed E-state index contributed by atoms with van der Waals surface area (Å²) in [6.45, 7) is 6.78. The van der Waals surface area contributed by atoms with Crippen LogP contribution in [0.4, 0.5) is 0 Å². The number of carbonyl (C=O) groups excluding carboxylic acids is 1. The number of aryl methyl sites for hydroxylation is 2. The molecule has 0 radical (unpaired) electrons. The zero-order chi connectivity index (χ0) is 20.1. The number of hydrogen-bond acceptors (Lipinski definition) is 3. The van der Waals surface area contributed by atoms with E-state index in [9.17, 15) is 10.1 Å². The average Bonchev–Trinajstić information content (AvgIpc) is 3.46. The fraction of sp³-hybridized carbons (Fsp3) is 0.391. The molecule has 0 unspecified atom stereocenters. The summed E-state index contributed by atoms with van der Waals surface area (Å²) in [5.41, 5.74) is 6.00. The van der Waals surface area contributed by atoms with Crippen LogP contribution in [0, 0.1) is 32.1 Å². The number of thioether (sulfide) groups is 1. The number of amides is 1. The highest BCUT2D eigenvalue weighted by atomic mass is 32.2. The molecule has 0 bridgehead atoms. The second-order valence-electron chi connectivity index (χ2n) is 7.39. The molecule has 3 rings (SSSR count). The molecule has 2 aromatic rings. The molecular weight excluding hydrogens is 366 g/mol. The fourth-order valence-electron chi connectivity index (χ4n) is 3.35. The minimum absolute atomic E-state index is 0.166. The maximum Gasteiger partial charge on any atom is 0.261 e. The molecule has 1 N–H and O–H groups in total. The van der Waals surface area contributed by atoms with Crippen molar-refractivity contribution in [3.63, 3.8) is 0 Å². The van der Waals surface area contributed by atoms with E-state index in [2.05, 4.69) is 67.1 Å². The van der Waals surface area contributed by atoms with Crippen molar-refractivity contribution in [1.82, 2.24) is 9.88 Å². The zero-order valence-electron chi connectivity index (χ0n) is 16.8. The highest BCUT2D eigenvalue weighted by Crippen LogP contribution is 2.38. The molecule has 1 heterocycles. The normalized spacial score (nSPS) is 14.0. The molecule has 28 heavy (non-hydrogen) atoms. The minimum atomic E-state index is -0.297. The minimum Gasteiger partial charge on any atom is -0.351 e. The average molecular weight is 394 g/mol. The van der Waals surface area contributed by atoms with Crippen LogP contribution in [0.5, 0.6) is 0 Å². The molecule has 1 amide bonds. The van der Waals surface area contributed by atoms with Gasteiger partial charge in [0.25, 0.3) is 5.91 Å². The van der Waals surface area contributed by atoms with Crippen molar-refractivity contribution < 1.29 is 4.79 Å². The maximum atomic E-state index is 12.4. The Hall–Kier alpha value is -2.45. The quantitative estimate of drug-likeness (QED) is 0.402. The molecule has 0 atom stereocenters. The first-order chi connectivity index (χ1) is 13.5. The van der Waals surface area contributed by atoms with Crippen molar-refractivity contribution in [2.45, 2.75) is 45.4 Å². The summed E-state index contributed by atoms with van der Waals surface area (Å²) in [4.78, 5) is 12.4. The summed E-state index contributed by atoms with van der Waals surface area (Å²) in [6.07, 6.45) is 4.15. The van der Waals surface area contributed by atoms with Gasteiger partial charge in [-0.05, 0) is 56.9 Å². The largest absolute Gasteiger partial charge is 0.351 e. The molecular formula is C23H27N3OS.